The molecule has 24 heavy (non-hydrogen) atoms. The lowest BCUT2D eigenvalue weighted by Crippen LogP contribution is -2.54. The Morgan fingerprint density at radius 3 is 2.88 bits per heavy atom. The van der Waals surface area contributed by atoms with Gasteiger partial charge in [0.1, 0.15) is 0 Å². The molecule has 7 heteroatoms. The smallest absolute Gasteiger partial charge is 0.251 e. The number of benzene rings is 1. The van der Waals surface area contributed by atoms with Gasteiger partial charge >= 0.3 is 0 Å². The van der Waals surface area contributed by atoms with Crippen LogP contribution in [-0.2, 0) is 11.3 Å². The number of halogens is 2. The minimum atomic E-state index is -2.36. The fraction of sp³-hybridized carbons (Fsp3) is 0.412. The zero-order chi connectivity index (χ0) is 17.1. The molecule has 0 bridgehead atoms. The number of rotatable bonds is 6. The van der Waals surface area contributed by atoms with Gasteiger partial charge in [-0.15, -0.1) is 0 Å². The highest BCUT2D eigenvalue weighted by Crippen LogP contribution is 2.22. The van der Waals surface area contributed by atoms with Crippen molar-refractivity contribution in [1.82, 2.24) is 15.2 Å². The van der Waals surface area contributed by atoms with Crippen molar-refractivity contribution in [2.75, 3.05) is 26.7 Å². The first-order valence-electron chi connectivity index (χ1n) is 7.77. The molecule has 0 atom stereocenters. The van der Waals surface area contributed by atoms with Crippen LogP contribution in [0.3, 0.4) is 0 Å². The minimum Gasteiger partial charge on any atom is -0.481 e. The number of ether oxygens (including phenoxy) is 1. The molecule has 3 rings (SSSR count). The predicted molar refractivity (Wildman–Crippen MR) is 86.1 cm³/mol. The van der Waals surface area contributed by atoms with Gasteiger partial charge in [0.2, 0.25) is 11.8 Å². The van der Waals surface area contributed by atoms with E-state index in [2.05, 4.69) is 10.3 Å². The van der Waals surface area contributed by atoms with Crippen molar-refractivity contribution in [1.29, 1.82) is 0 Å². The van der Waals surface area contributed by atoms with E-state index in [4.69, 9.17) is 4.74 Å². The Balaban J connectivity index is 1.63. The van der Waals surface area contributed by atoms with Crippen molar-refractivity contribution in [3.05, 3.63) is 35.9 Å². The van der Waals surface area contributed by atoms with Crippen LogP contribution in [0, 0.1) is 5.92 Å². The highest BCUT2D eigenvalue weighted by molar-refractivity contribution is 5.84. The fourth-order valence-corrected chi connectivity index (χ4v) is 2.88. The second-order valence-corrected chi connectivity index (χ2v) is 5.87. The van der Waals surface area contributed by atoms with E-state index < -0.39 is 6.43 Å². The average molecular weight is 335 g/mol. The molecule has 0 spiro atoms. The van der Waals surface area contributed by atoms with Crippen molar-refractivity contribution in [3.8, 4) is 5.88 Å². The van der Waals surface area contributed by atoms with E-state index in [9.17, 15) is 13.6 Å². The van der Waals surface area contributed by atoms with Crippen LogP contribution in [0.15, 0.2) is 30.3 Å². The van der Waals surface area contributed by atoms with Crippen molar-refractivity contribution in [3.63, 3.8) is 0 Å². The number of methoxy groups -OCH3 is 1. The second kappa shape index (κ2) is 7.09. The summed E-state index contributed by atoms with van der Waals surface area (Å²) < 4.78 is 29.7. The fourth-order valence-electron chi connectivity index (χ4n) is 2.88. The number of nitrogens with one attached hydrogen (secondary N) is 1. The molecule has 1 aromatic carbocycles. The number of carbonyl (C=O) groups excluding carboxylic acids is 1. The number of likely N-dealkylation sites (tertiary alicyclic amines) is 1. The molecule has 1 fully saturated rings. The lowest BCUT2D eigenvalue weighted by Gasteiger charge is -2.37. The maximum Gasteiger partial charge on any atom is 0.251 e. The molecule has 5 nitrogen and oxygen atoms in total. The van der Waals surface area contributed by atoms with E-state index in [1.807, 2.05) is 24.3 Å². The van der Waals surface area contributed by atoms with Crippen molar-refractivity contribution < 1.29 is 18.3 Å². The van der Waals surface area contributed by atoms with E-state index >= 15 is 0 Å². The van der Waals surface area contributed by atoms with Gasteiger partial charge in [0.15, 0.2) is 0 Å². The van der Waals surface area contributed by atoms with Gasteiger partial charge in [-0.2, -0.15) is 0 Å². The number of aromatic nitrogens is 1. The summed E-state index contributed by atoms with van der Waals surface area (Å²) in [5.41, 5.74) is 1.71. The highest BCUT2D eigenvalue weighted by Gasteiger charge is 2.33. The number of pyridine rings is 1. The van der Waals surface area contributed by atoms with Gasteiger partial charge in [-0.3, -0.25) is 9.69 Å². The summed E-state index contributed by atoms with van der Waals surface area (Å²) in [6.45, 7) is 0.854. The zero-order valence-electron chi connectivity index (χ0n) is 13.3. The standard InChI is InChI=1S/C17H19F2N3O2/c1-24-16-6-11(13-4-2-3-5-14(13)21-16)7-20-17(23)12-8-22(9-12)10-15(18)19/h2-6,12,15H,7-10H2,1H3,(H,20,23). The van der Waals surface area contributed by atoms with Gasteiger partial charge in [0.05, 0.1) is 25.1 Å². The third-order valence-corrected chi connectivity index (χ3v) is 4.16. The van der Waals surface area contributed by atoms with Crippen LogP contribution in [-0.4, -0.2) is 49.0 Å². The first kappa shape index (κ1) is 16.6. The zero-order valence-corrected chi connectivity index (χ0v) is 13.3. The Bertz CT molecular complexity index is 733. The summed E-state index contributed by atoms with van der Waals surface area (Å²) in [4.78, 5) is 18.1. The lowest BCUT2D eigenvalue weighted by molar-refractivity contribution is -0.131. The Morgan fingerprint density at radius 2 is 2.17 bits per heavy atom. The molecule has 1 aromatic heterocycles. The van der Waals surface area contributed by atoms with E-state index in [-0.39, 0.29) is 18.4 Å². The Hall–Kier alpha value is -2.28. The van der Waals surface area contributed by atoms with Crippen LogP contribution in [0.4, 0.5) is 8.78 Å². The molecular weight excluding hydrogens is 316 g/mol. The van der Waals surface area contributed by atoms with Gasteiger partial charge in [-0.25, -0.2) is 13.8 Å². The third kappa shape index (κ3) is 3.62. The molecule has 0 unspecified atom stereocenters. The molecule has 0 saturated carbocycles. The molecule has 1 amide bonds. The minimum absolute atomic E-state index is 0.111. The van der Waals surface area contributed by atoms with E-state index in [0.29, 0.717) is 25.5 Å². The SMILES string of the molecule is COc1cc(CNC(=O)C2CN(CC(F)F)C2)c2ccccc2n1. The topological polar surface area (TPSA) is 54.5 Å². The van der Waals surface area contributed by atoms with Gasteiger partial charge in [-0.05, 0) is 11.6 Å². The maximum absolute atomic E-state index is 12.3. The number of para-hydroxylation sites is 1. The summed E-state index contributed by atoms with van der Waals surface area (Å²) in [5.74, 6) is 0.156. The van der Waals surface area contributed by atoms with Crippen LogP contribution in [0.2, 0.25) is 0 Å². The summed E-state index contributed by atoms with van der Waals surface area (Å²) in [5, 5.41) is 3.83. The summed E-state index contributed by atoms with van der Waals surface area (Å²) in [6, 6.07) is 9.43. The maximum atomic E-state index is 12.3. The summed E-state index contributed by atoms with van der Waals surface area (Å²) in [7, 11) is 1.55. The van der Waals surface area contributed by atoms with Crippen LogP contribution in [0.5, 0.6) is 5.88 Å². The van der Waals surface area contributed by atoms with Gasteiger partial charge in [0.25, 0.3) is 6.43 Å². The Morgan fingerprint density at radius 1 is 1.42 bits per heavy atom. The molecular formula is C17H19F2N3O2. The van der Waals surface area contributed by atoms with Gasteiger partial charge in [0, 0.05) is 31.1 Å². The number of amides is 1. The van der Waals surface area contributed by atoms with Gasteiger partial charge in [-0.1, -0.05) is 18.2 Å². The molecule has 1 saturated heterocycles. The number of carbonyl (C=O) groups is 1. The van der Waals surface area contributed by atoms with Crippen LogP contribution >= 0.6 is 0 Å². The largest absolute Gasteiger partial charge is 0.481 e. The molecule has 0 aliphatic carbocycles. The molecule has 1 N–H and O–H groups in total. The Kier molecular flexibility index (Phi) is 4.89. The van der Waals surface area contributed by atoms with Crippen LogP contribution < -0.4 is 10.1 Å². The van der Waals surface area contributed by atoms with E-state index in [1.54, 1.807) is 18.1 Å². The first-order chi connectivity index (χ1) is 11.6. The summed E-state index contributed by atoms with van der Waals surface area (Å²) in [6.07, 6.45) is -2.36. The second-order valence-electron chi connectivity index (χ2n) is 5.87. The highest BCUT2D eigenvalue weighted by atomic mass is 19.3. The molecule has 0 radical (unpaired) electrons. The molecule has 1 aliphatic heterocycles. The van der Waals surface area contributed by atoms with Crippen LogP contribution in [0.25, 0.3) is 10.9 Å². The van der Waals surface area contributed by atoms with Crippen molar-refractivity contribution in [2.24, 2.45) is 5.92 Å². The molecule has 2 heterocycles. The van der Waals surface area contributed by atoms with E-state index in [1.165, 1.54) is 0 Å². The monoisotopic (exact) mass is 335 g/mol. The van der Waals surface area contributed by atoms with Crippen LogP contribution in [0.1, 0.15) is 5.56 Å². The molecule has 128 valence electrons. The average Bonchev–Trinajstić information content (AvgIpc) is 2.54. The third-order valence-electron chi connectivity index (χ3n) is 4.16. The normalized spacial score (nSPS) is 15.5. The number of fused-ring (bicyclic) bond motifs is 1. The predicted octanol–water partition coefficient (Wildman–Crippen LogP) is 2.06. The Labute approximate surface area is 138 Å². The number of hydrogen-bond acceptors (Lipinski definition) is 4. The van der Waals surface area contributed by atoms with E-state index in [0.717, 1.165) is 16.5 Å². The number of alkyl halides is 2. The first-order valence-corrected chi connectivity index (χ1v) is 7.77. The quantitative estimate of drug-likeness (QED) is 0.878. The molecule has 2 aromatic rings. The van der Waals surface area contributed by atoms with Crippen molar-refractivity contribution in [2.45, 2.75) is 13.0 Å². The summed E-state index contributed by atoms with van der Waals surface area (Å²) >= 11 is 0. The number of hydrogen-bond donors (Lipinski definition) is 1. The van der Waals surface area contributed by atoms with Crippen molar-refractivity contribution >= 4 is 16.8 Å². The lowest BCUT2D eigenvalue weighted by atomic mass is 9.99. The molecule has 1 aliphatic rings. The van der Waals surface area contributed by atoms with Gasteiger partial charge < -0.3 is 10.1 Å². The number of nitrogens with zero attached hydrogens (tertiary/aromatic N) is 2.